The van der Waals surface area contributed by atoms with Crippen LogP contribution in [0.1, 0.15) is 63.8 Å². The predicted octanol–water partition coefficient (Wildman–Crippen LogP) is 10.9. The van der Waals surface area contributed by atoms with Gasteiger partial charge in [-0.15, -0.1) is 0 Å². The van der Waals surface area contributed by atoms with Gasteiger partial charge in [-0.05, 0) is 103 Å². The molecule has 0 fully saturated rings. The highest BCUT2D eigenvalue weighted by molar-refractivity contribution is 7.00. The van der Waals surface area contributed by atoms with E-state index in [1.165, 1.54) is 61.4 Å². The van der Waals surface area contributed by atoms with E-state index < -0.39 is 11.0 Å². The zero-order valence-electron chi connectivity index (χ0n) is 33.1. The highest BCUT2D eigenvalue weighted by atomic mass is 15.3. The summed E-state index contributed by atoms with van der Waals surface area (Å²) < 4.78 is 0. The van der Waals surface area contributed by atoms with Crippen molar-refractivity contribution in [1.29, 1.82) is 0 Å². The maximum Gasteiger partial charge on any atom is 0.252 e. The molecule has 0 aromatic heterocycles. The van der Waals surface area contributed by atoms with Crippen LogP contribution < -0.4 is 31.1 Å². The van der Waals surface area contributed by atoms with Crippen molar-refractivity contribution in [2.24, 2.45) is 0 Å². The van der Waals surface area contributed by atoms with Gasteiger partial charge < -0.3 is 14.7 Å². The molecular weight excluding hydrogens is 677 g/mol. The van der Waals surface area contributed by atoms with Gasteiger partial charge in [0, 0.05) is 50.5 Å². The van der Waals surface area contributed by atoms with Crippen molar-refractivity contribution in [3.8, 4) is 0 Å². The van der Waals surface area contributed by atoms with Crippen LogP contribution in [0.15, 0.2) is 170 Å². The van der Waals surface area contributed by atoms with E-state index in [0.29, 0.717) is 0 Å². The molecule has 2 unspecified atom stereocenters. The fourth-order valence-electron chi connectivity index (χ4n) is 11.2. The first-order valence-electron chi connectivity index (χ1n) is 20.2. The summed E-state index contributed by atoms with van der Waals surface area (Å²) >= 11 is 0. The molecule has 4 heteroatoms. The van der Waals surface area contributed by atoms with Crippen molar-refractivity contribution in [1.82, 2.24) is 0 Å². The van der Waals surface area contributed by atoms with Crippen molar-refractivity contribution in [3.05, 3.63) is 192 Å². The minimum absolute atomic E-state index is 0.0798. The van der Waals surface area contributed by atoms with Crippen LogP contribution in [0, 0.1) is 0 Å². The van der Waals surface area contributed by atoms with Crippen LogP contribution in [-0.4, -0.2) is 12.3 Å². The molecule has 0 bridgehead atoms. The number of benzene rings is 7. The molecule has 0 spiro atoms. The van der Waals surface area contributed by atoms with Gasteiger partial charge in [-0.2, -0.15) is 0 Å². The Balaban J connectivity index is 1.31. The number of hydrogen-bond acceptors (Lipinski definition) is 3. The van der Waals surface area contributed by atoms with Gasteiger partial charge in [0.15, 0.2) is 0 Å². The summed E-state index contributed by atoms with van der Waals surface area (Å²) in [6, 6.07) is 63.7. The molecule has 0 saturated carbocycles. The van der Waals surface area contributed by atoms with Crippen molar-refractivity contribution in [2.45, 2.75) is 63.5 Å². The molecule has 0 aliphatic carbocycles. The molecule has 272 valence electrons. The fraction of sp³-hybridized carbons (Fsp3) is 0.192. The standard InChI is InChI=1S/C52H46BN3/c1-49(2)40-29-19-31-42-47(40)55(50(49,3)4)44-33-39(54(37-25-15-9-16-26-37)38-27-17-10-18-28-38)34-45-46(44)53(42)43-32-20-30-41-48(43)56(45)52(6,36-23-13-8-14-24-36)51(41,5)35-21-11-7-12-22-35/h7-34H,1-6H3. The molecule has 4 heterocycles. The first kappa shape index (κ1) is 33.4. The molecule has 0 N–H and O–H groups in total. The summed E-state index contributed by atoms with van der Waals surface area (Å²) in [6.45, 7) is 14.9. The number of anilines is 7. The van der Waals surface area contributed by atoms with Crippen LogP contribution in [0.5, 0.6) is 0 Å². The van der Waals surface area contributed by atoms with Gasteiger partial charge in [0.1, 0.15) is 0 Å². The van der Waals surface area contributed by atoms with E-state index >= 15 is 0 Å². The molecule has 7 aromatic carbocycles. The first-order valence-corrected chi connectivity index (χ1v) is 20.2. The Bertz CT molecular complexity index is 2650. The highest BCUT2D eigenvalue weighted by Gasteiger charge is 2.64. The lowest BCUT2D eigenvalue weighted by Crippen LogP contribution is -2.65. The third-order valence-corrected chi connectivity index (χ3v) is 14.8. The zero-order valence-corrected chi connectivity index (χ0v) is 33.1. The van der Waals surface area contributed by atoms with Gasteiger partial charge >= 0.3 is 0 Å². The topological polar surface area (TPSA) is 9.72 Å². The lowest BCUT2D eigenvalue weighted by Gasteiger charge is -2.52. The van der Waals surface area contributed by atoms with Crippen LogP contribution in [0.25, 0.3) is 0 Å². The van der Waals surface area contributed by atoms with E-state index in [2.05, 4.69) is 226 Å². The molecule has 0 saturated heterocycles. The quantitative estimate of drug-likeness (QED) is 0.164. The second-order valence-electron chi connectivity index (χ2n) is 17.6. The third kappa shape index (κ3) is 3.94. The second-order valence-corrected chi connectivity index (χ2v) is 17.6. The molecule has 7 aromatic rings. The summed E-state index contributed by atoms with van der Waals surface area (Å²) in [5.74, 6) is 0. The first-order chi connectivity index (χ1) is 27.1. The van der Waals surface area contributed by atoms with Crippen molar-refractivity contribution in [2.75, 3.05) is 14.7 Å². The van der Waals surface area contributed by atoms with E-state index in [0.717, 1.165) is 17.1 Å². The molecule has 0 radical (unpaired) electrons. The summed E-state index contributed by atoms with van der Waals surface area (Å²) in [4.78, 5) is 7.96. The van der Waals surface area contributed by atoms with E-state index in [9.17, 15) is 0 Å². The lowest BCUT2D eigenvalue weighted by molar-refractivity contribution is 0.330. The Kier molecular flexibility index (Phi) is 6.73. The monoisotopic (exact) mass is 723 g/mol. The third-order valence-electron chi connectivity index (χ3n) is 14.8. The summed E-state index contributed by atoms with van der Waals surface area (Å²) in [5, 5.41) is 0. The average molecular weight is 724 g/mol. The van der Waals surface area contributed by atoms with Gasteiger partial charge in [-0.25, -0.2) is 0 Å². The maximum absolute atomic E-state index is 2.77. The van der Waals surface area contributed by atoms with Gasteiger partial charge in [0.25, 0.3) is 6.71 Å². The Morgan fingerprint density at radius 2 is 0.911 bits per heavy atom. The largest absolute Gasteiger partial charge is 0.335 e. The molecule has 4 aliphatic heterocycles. The fourth-order valence-corrected chi connectivity index (χ4v) is 11.2. The molecule has 56 heavy (non-hydrogen) atoms. The van der Waals surface area contributed by atoms with Crippen LogP contribution in [-0.2, 0) is 16.4 Å². The number of nitrogens with zero attached hydrogens (tertiary/aromatic N) is 3. The number of para-hydroxylation sites is 4. The van der Waals surface area contributed by atoms with Gasteiger partial charge in [-0.1, -0.05) is 147 Å². The normalized spacial score (nSPS) is 21.4. The van der Waals surface area contributed by atoms with Crippen LogP contribution >= 0.6 is 0 Å². The highest BCUT2D eigenvalue weighted by Crippen LogP contribution is 2.64. The molecule has 3 nitrogen and oxygen atoms in total. The smallest absolute Gasteiger partial charge is 0.252 e. The summed E-state index contributed by atoms with van der Waals surface area (Å²) in [5.41, 5.74) is 17.2. The minimum Gasteiger partial charge on any atom is -0.335 e. The minimum atomic E-state index is -0.488. The summed E-state index contributed by atoms with van der Waals surface area (Å²) in [7, 11) is 0. The molecule has 4 aliphatic rings. The Morgan fingerprint density at radius 3 is 1.46 bits per heavy atom. The Morgan fingerprint density at radius 1 is 0.446 bits per heavy atom. The second kappa shape index (κ2) is 11.3. The van der Waals surface area contributed by atoms with E-state index in [4.69, 9.17) is 0 Å². The Labute approximate surface area is 332 Å². The molecule has 11 rings (SSSR count). The predicted molar refractivity (Wildman–Crippen MR) is 237 cm³/mol. The molecule has 2 atom stereocenters. The molecule has 0 amide bonds. The SMILES string of the molecule is CC1(C)c2cccc3c2N(c2cc(N(c4ccccc4)c4ccccc4)cc4c2B3c2cccc3c2N4C(C)(c2ccccc2)C3(C)c2ccccc2)C1(C)C. The van der Waals surface area contributed by atoms with Crippen molar-refractivity contribution >= 4 is 62.9 Å². The van der Waals surface area contributed by atoms with Gasteiger partial charge in [0.05, 0.1) is 11.2 Å². The van der Waals surface area contributed by atoms with Crippen LogP contribution in [0.4, 0.5) is 39.8 Å². The van der Waals surface area contributed by atoms with Gasteiger partial charge in [0.2, 0.25) is 0 Å². The molecular formula is C52H46BN3. The van der Waals surface area contributed by atoms with E-state index in [-0.39, 0.29) is 17.7 Å². The maximum atomic E-state index is 2.77. The van der Waals surface area contributed by atoms with Crippen LogP contribution in [0.3, 0.4) is 0 Å². The number of rotatable bonds is 5. The van der Waals surface area contributed by atoms with Crippen molar-refractivity contribution < 1.29 is 0 Å². The van der Waals surface area contributed by atoms with E-state index in [1.807, 2.05) is 0 Å². The average Bonchev–Trinajstić information content (AvgIpc) is 3.54. The van der Waals surface area contributed by atoms with Crippen molar-refractivity contribution in [3.63, 3.8) is 0 Å². The van der Waals surface area contributed by atoms with Crippen LogP contribution in [0.2, 0.25) is 0 Å². The summed E-state index contributed by atoms with van der Waals surface area (Å²) in [6.07, 6.45) is 0. The Hall–Kier alpha value is -6.00. The van der Waals surface area contributed by atoms with E-state index in [1.54, 1.807) is 0 Å². The van der Waals surface area contributed by atoms with Gasteiger partial charge in [-0.3, -0.25) is 0 Å². The number of hydrogen-bond donors (Lipinski definition) is 0. The number of fused-ring (bicyclic) bond motifs is 4. The lowest BCUT2D eigenvalue weighted by atomic mass is 9.33. The zero-order chi connectivity index (χ0) is 38.2.